The fraction of sp³-hybridized carbons (Fsp3) is 0.400. The summed E-state index contributed by atoms with van der Waals surface area (Å²) in [5.41, 5.74) is 6.48. The summed E-state index contributed by atoms with van der Waals surface area (Å²) in [5.74, 6) is 0. The zero-order valence-electron chi connectivity index (χ0n) is 5.13. The Labute approximate surface area is 57.6 Å². The lowest BCUT2D eigenvalue weighted by Gasteiger charge is -1.92. The molecule has 50 valence electrons. The normalized spacial score (nSPS) is 9.89. The van der Waals surface area contributed by atoms with Crippen LogP contribution in [0.5, 0.6) is 0 Å². The highest BCUT2D eigenvalue weighted by molar-refractivity contribution is 7.10. The molecule has 0 aromatic carbocycles. The summed E-state index contributed by atoms with van der Waals surface area (Å²) in [5, 5.41) is 0.747. The van der Waals surface area contributed by atoms with Crippen molar-refractivity contribution >= 4 is 16.5 Å². The van der Waals surface area contributed by atoms with E-state index in [1.165, 1.54) is 11.5 Å². The van der Waals surface area contributed by atoms with Crippen molar-refractivity contribution < 1.29 is 4.74 Å². The summed E-state index contributed by atoms with van der Waals surface area (Å²) < 4.78 is 8.73. The van der Waals surface area contributed by atoms with Gasteiger partial charge in [0.15, 0.2) is 0 Å². The van der Waals surface area contributed by atoms with Gasteiger partial charge in [-0.1, -0.05) is 0 Å². The number of nitrogens with two attached hydrogens (primary N) is 1. The lowest BCUT2D eigenvalue weighted by molar-refractivity contribution is 0.185. The summed E-state index contributed by atoms with van der Waals surface area (Å²) >= 11 is 1.29. The second kappa shape index (κ2) is 2.80. The van der Waals surface area contributed by atoms with Crippen molar-refractivity contribution in [3.8, 4) is 0 Å². The highest BCUT2D eigenvalue weighted by Crippen LogP contribution is 2.15. The van der Waals surface area contributed by atoms with E-state index in [1.807, 2.05) is 0 Å². The van der Waals surface area contributed by atoms with Gasteiger partial charge in [0.1, 0.15) is 5.00 Å². The first-order chi connectivity index (χ1) is 4.34. The van der Waals surface area contributed by atoms with Crippen molar-refractivity contribution in [1.29, 1.82) is 0 Å². The first kappa shape index (κ1) is 6.51. The van der Waals surface area contributed by atoms with Crippen LogP contribution in [0.2, 0.25) is 0 Å². The van der Waals surface area contributed by atoms with Gasteiger partial charge in [0.05, 0.1) is 6.61 Å². The van der Waals surface area contributed by atoms with Crippen molar-refractivity contribution in [1.82, 2.24) is 4.37 Å². The monoisotopic (exact) mass is 144 g/mol. The largest absolute Gasteiger partial charge is 0.389 e. The molecule has 0 bridgehead atoms. The Balaban J connectivity index is 2.69. The Morgan fingerprint density at radius 3 is 3.11 bits per heavy atom. The molecule has 9 heavy (non-hydrogen) atoms. The number of hydrogen-bond donors (Lipinski definition) is 1. The number of anilines is 1. The van der Waals surface area contributed by atoms with Crippen LogP contribution in [-0.2, 0) is 11.3 Å². The first-order valence-electron chi connectivity index (χ1n) is 2.52. The third-order valence-electron chi connectivity index (χ3n) is 0.976. The van der Waals surface area contributed by atoms with Crippen LogP contribution < -0.4 is 5.73 Å². The molecule has 2 N–H and O–H groups in total. The van der Waals surface area contributed by atoms with Gasteiger partial charge in [-0.15, -0.1) is 0 Å². The molecule has 4 heteroatoms. The van der Waals surface area contributed by atoms with Crippen molar-refractivity contribution in [3.05, 3.63) is 11.8 Å². The maximum atomic E-state index is 5.50. The van der Waals surface area contributed by atoms with Gasteiger partial charge in [0.25, 0.3) is 0 Å². The molecule has 0 aliphatic rings. The van der Waals surface area contributed by atoms with Gasteiger partial charge in [-0.2, -0.15) is 4.37 Å². The zero-order valence-corrected chi connectivity index (χ0v) is 5.94. The highest BCUT2D eigenvalue weighted by Gasteiger charge is 1.98. The molecule has 0 saturated heterocycles. The molecule has 0 aliphatic heterocycles. The molecule has 0 amide bonds. The summed E-state index contributed by atoms with van der Waals surface area (Å²) in [7, 11) is 1.64. The Morgan fingerprint density at radius 1 is 1.89 bits per heavy atom. The summed E-state index contributed by atoms with van der Waals surface area (Å²) in [6, 6.07) is 0. The fourth-order valence-corrected chi connectivity index (χ4v) is 1.06. The molecule has 1 rings (SSSR count). The average Bonchev–Trinajstić information content (AvgIpc) is 2.18. The maximum Gasteiger partial charge on any atom is 0.112 e. The fourth-order valence-electron chi connectivity index (χ4n) is 0.533. The molecular formula is C5H8N2OS. The van der Waals surface area contributed by atoms with Crippen LogP contribution in [0.3, 0.4) is 0 Å². The van der Waals surface area contributed by atoms with Gasteiger partial charge in [-0.05, 0) is 11.5 Å². The predicted molar refractivity (Wildman–Crippen MR) is 37.2 cm³/mol. The molecule has 0 spiro atoms. The molecule has 0 radical (unpaired) electrons. The number of aromatic nitrogens is 1. The van der Waals surface area contributed by atoms with Crippen molar-refractivity contribution in [2.45, 2.75) is 6.61 Å². The smallest absolute Gasteiger partial charge is 0.112 e. The number of hydrogen-bond acceptors (Lipinski definition) is 4. The predicted octanol–water partition coefficient (Wildman–Crippen LogP) is 0.872. The molecule has 1 heterocycles. The van der Waals surface area contributed by atoms with Crippen molar-refractivity contribution in [2.24, 2.45) is 0 Å². The van der Waals surface area contributed by atoms with E-state index in [2.05, 4.69) is 4.37 Å². The molecule has 1 aromatic heterocycles. The van der Waals surface area contributed by atoms with Gasteiger partial charge in [0.2, 0.25) is 0 Å². The lowest BCUT2D eigenvalue weighted by atomic mass is 10.4. The lowest BCUT2D eigenvalue weighted by Crippen LogP contribution is -1.89. The second-order valence-corrected chi connectivity index (χ2v) is 2.48. The number of nitrogen functional groups attached to an aromatic ring is 1. The van der Waals surface area contributed by atoms with E-state index in [1.54, 1.807) is 13.3 Å². The Kier molecular flexibility index (Phi) is 2.02. The maximum absolute atomic E-state index is 5.50. The number of methoxy groups -OCH3 is 1. The highest BCUT2D eigenvalue weighted by atomic mass is 32.1. The third kappa shape index (κ3) is 1.40. The number of nitrogens with zero attached hydrogens (tertiary/aromatic N) is 1. The molecule has 0 saturated carbocycles. The first-order valence-corrected chi connectivity index (χ1v) is 3.30. The molecule has 0 atom stereocenters. The van der Waals surface area contributed by atoms with Crippen LogP contribution in [0.25, 0.3) is 0 Å². The van der Waals surface area contributed by atoms with Gasteiger partial charge >= 0.3 is 0 Å². The van der Waals surface area contributed by atoms with E-state index in [0.29, 0.717) is 6.61 Å². The molecule has 0 unspecified atom stereocenters. The van der Waals surface area contributed by atoms with Gasteiger partial charge in [0, 0.05) is 18.9 Å². The van der Waals surface area contributed by atoms with Crippen LogP contribution in [0, 0.1) is 0 Å². The third-order valence-corrected chi connectivity index (χ3v) is 1.65. The van der Waals surface area contributed by atoms with Gasteiger partial charge in [-0.3, -0.25) is 0 Å². The Morgan fingerprint density at radius 2 is 2.67 bits per heavy atom. The van der Waals surface area contributed by atoms with Crippen LogP contribution in [0.15, 0.2) is 6.20 Å². The van der Waals surface area contributed by atoms with E-state index < -0.39 is 0 Å². The van der Waals surface area contributed by atoms with Gasteiger partial charge in [-0.25, -0.2) is 0 Å². The molecular weight excluding hydrogens is 136 g/mol. The van der Waals surface area contributed by atoms with Crippen LogP contribution in [-0.4, -0.2) is 11.5 Å². The van der Waals surface area contributed by atoms with Crippen molar-refractivity contribution in [3.63, 3.8) is 0 Å². The number of rotatable bonds is 2. The topological polar surface area (TPSA) is 48.1 Å². The van der Waals surface area contributed by atoms with E-state index in [-0.39, 0.29) is 0 Å². The average molecular weight is 144 g/mol. The molecule has 0 aliphatic carbocycles. The quantitative estimate of drug-likeness (QED) is 0.670. The van der Waals surface area contributed by atoms with E-state index in [0.717, 1.165) is 10.6 Å². The number of ether oxygens (including phenoxy) is 1. The summed E-state index contributed by atoms with van der Waals surface area (Å²) in [4.78, 5) is 0. The van der Waals surface area contributed by atoms with Crippen LogP contribution in [0.4, 0.5) is 5.00 Å². The van der Waals surface area contributed by atoms with Gasteiger partial charge < -0.3 is 10.5 Å². The minimum Gasteiger partial charge on any atom is -0.389 e. The standard InChI is InChI=1S/C5H8N2OS/c1-8-3-4-2-7-9-5(4)6/h2H,3,6H2,1H3. The zero-order chi connectivity index (χ0) is 6.69. The Hall–Kier alpha value is -0.610. The van der Waals surface area contributed by atoms with E-state index >= 15 is 0 Å². The summed E-state index contributed by atoms with van der Waals surface area (Å²) in [6.07, 6.45) is 1.73. The van der Waals surface area contributed by atoms with E-state index in [4.69, 9.17) is 10.5 Å². The minimum atomic E-state index is 0.558. The molecule has 1 aromatic rings. The Bertz CT molecular complexity index is 187. The molecule has 0 fully saturated rings. The SMILES string of the molecule is COCc1cnsc1N. The second-order valence-electron chi connectivity index (χ2n) is 1.65. The molecule has 3 nitrogen and oxygen atoms in total. The minimum absolute atomic E-state index is 0.558. The summed E-state index contributed by atoms with van der Waals surface area (Å²) in [6.45, 7) is 0.558. The van der Waals surface area contributed by atoms with Crippen molar-refractivity contribution in [2.75, 3.05) is 12.8 Å². The van der Waals surface area contributed by atoms with Crippen LogP contribution in [0.1, 0.15) is 5.56 Å². The van der Waals surface area contributed by atoms with Crippen LogP contribution >= 0.6 is 11.5 Å². The van der Waals surface area contributed by atoms with E-state index in [9.17, 15) is 0 Å².